The van der Waals surface area contributed by atoms with E-state index in [1.54, 1.807) is 7.05 Å². The summed E-state index contributed by atoms with van der Waals surface area (Å²) in [5, 5.41) is 33.1. The zero-order chi connectivity index (χ0) is 26.1. The van der Waals surface area contributed by atoms with Crippen LogP contribution in [-0.4, -0.2) is 37.9 Å². The van der Waals surface area contributed by atoms with Crippen LogP contribution < -0.4 is 5.56 Å². The van der Waals surface area contributed by atoms with E-state index < -0.39 is 17.8 Å². The number of ether oxygens (including phenoxy) is 1. The first-order valence-corrected chi connectivity index (χ1v) is 13.1. The van der Waals surface area contributed by atoms with Crippen LogP contribution in [0.25, 0.3) is 0 Å². The summed E-state index contributed by atoms with van der Waals surface area (Å²) in [6.45, 7) is 10.9. The van der Waals surface area contributed by atoms with Crippen LogP contribution in [0.1, 0.15) is 96.8 Å². The first-order valence-electron chi connectivity index (χ1n) is 13.1. The lowest BCUT2D eigenvalue weighted by Gasteiger charge is -2.39. The third-order valence-electron chi connectivity index (χ3n) is 8.11. The second-order valence-corrected chi connectivity index (χ2v) is 11.1. The third kappa shape index (κ3) is 5.73. The molecule has 3 rings (SSSR count). The van der Waals surface area contributed by atoms with E-state index in [0.717, 1.165) is 24.8 Å². The number of carbonyl (C=O) groups is 1. The van der Waals surface area contributed by atoms with Crippen LogP contribution in [-0.2, 0) is 22.2 Å². The number of Topliss-reactive ketones (excluding diaryl/α,β-unsaturated/α-hetero) is 1. The fourth-order valence-electron chi connectivity index (χ4n) is 5.78. The first-order chi connectivity index (χ1) is 16.4. The van der Waals surface area contributed by atoms with Crippen LogP contribution in [0.4, 0.5) is 0 Å². The van der Waals surface area contributed by atoms with Crippen molar-refractivity contribution in [2.24, 2.45) is 24.8 Å². The quantitative estimate of drug-likeness (QED) is 0.494. The maximum Gasteiger partial charge on any atom is 0.259 e. The van der Waals surface area contributed by atoms with Gasteiger partial charge in [-0.2, -0.15) is 0 Å². The molecule has 7 heteroatoms. The Labute approximate surface area is 208 Å². The Bertz CT molecular complexity index is 1010. The monoisotopic (exact) mass is 489 g/mol. The summed E-state index contributed by atoms with van der Waals surface area (Å²) in [4.78, 5) is 24.9. The van der Waals surface area contributed by atoms with Crippen LogP contribution in [0.5, 0.6) is 5.75 Å². The van der Waals surface area contributed by atoms with Crippen molar-refractivity contribution in [2.75, 3.05) is 0 Å². The molecule has 1 saturated heterocycles. The van der Waals surface area contributed by atoms with Crippen LogP contribution in [0.2, 0.25) is 0 Å². The molecule has 1 saturated carbocycles. The van der Waals surface area contributed by atoms with Crippen molar-refractivity contribution >= 4 is 5.78 Å². The van der Waals surface area contributed by atoms with Gasteiger partial charge in [0.05, 0.1) is 23.9 Å². The zero-order valence-electron chi connectivity index (χ0n) is 22.1. The molecule has 2 heterocycles. The maximum atomic E-state index is 13.2. The van der Waals surface area contributed by atoms with Gasteiger partial charge in [0, 0.05) is 31.6 Å². The van der Waals surface area contributed by atoms with E-state index in [-0.39, 0.29) is 59.5 Å². The minimum Gasteiger partial charge on any atom is -0.507 e. The summed E-state index contributed by atoms with van der Waals surface area (Å²) in [6, 6.07) is 0. The highest BCUT2D eigenvalue weighted by Gasteiger charge is 2.46. The number of aromatic nitrogens is 1. The Morgan fingerprint density at radius 3 is 2.63 bits per heavy atom. The molecule has 35 heavy (non-hydrogen) atoms. The predicted molar refractivity (Wildman–Crippen MR) is 135 cm³/mol. The van der Waals surface area contributed by atoms with Gasteiger partial charge < -0.3 is 24.6 Å². The number of aromatic hydroxyl groups is 1. The van der Waals surface area contributed by atoms with Gasteiger partial charge in [-0.05, 0) is 55.9 Å². The molecular weight excluding hydrogens is 446 g/mol. The lowest BCUT2D eigenvalue weighted by atomic mass is 9.76. The normalized spacial score (nSPS) is 31.9. The Kier molecular flexibility index (Phi) is 8.66. The largest absolute Gasteiger partial charge is 0.507 e. The molecule has 2 aliphatic rings. The molecule has 3 N–H and O–H groups in total. The van der Waals surface area contributed by atoms with Gasteiger partial charge in [0.25, 0.3) is 5.56 Å². The van der Waals surface area contributed by atoms with Crippen LogP contribution in [0, 0.1) is 17.8 Å². The topological polar surface area (TPSA) is 109 Å². The van der Waals surface area contributed by atoms with E-state index in [0.29, 0.717) is 18.3 Å². The van der Waals surface area contributed by atoms with Gasteiger partial charge in [-0.15, -0.1) is 0 Å². The fourth-order valence-corrected chi connectivity index (χ4v) is 5.78. The Morgan fingerprint density at radius 1 is 1.31 bits per heavy atom. The Hall–Kier alpha value is -1.96. The SMILES string of the molecule is CC[C@@H](C)C[C@@H](C)/C=C(\C)[C@@H]1O[C@H](c2c(O)c([C@@]3(O)CCC(=O)C[C@H]3O)cn(C)c2=O)CC[C@H]1C. The molecular formula is C28H43NO6. The summed E-state index contributed by atoms with van der Waals surface area (Å²) in [7, 11) is 1.56. The third-order valence-corrected chi connectivity index (χ3v) is 8.11. The van der Waals surface area contributed by atoms with E-state index in [1.165, 1.54) is 10.8 Å². The molecule has 0 amide bonds. The van der Waals surface area contributed by atoms with Crippen molar-refractivity contribution in [3.05, 3.63) is 39.3 Å². The molecule has 1 aliphatic carbocycles. The number of pyridine rings is 1. The zero-order valence-corrected chi connectivity index (χ0v) is 22.1. The van der Waals surface area contributed by atoms with Crippen LogP contribution in [0.3, 0.4) is 0 Å². The van der Waals surface area contributed by atoms with Crippen LogP contribution >= 0.6 is 0 Å². The van der Waals surface area contributed by atoms with Crippen molar-refractivity contribution in [3.63, 3.8) is 0 Å². The number of rotatable bonds is 7. The summed E-state index contributed by atoms with van der Waals surface area (Å²) >= 11 is 0. The molecule has 0 unspecified atom stereocenters. The molecule has 1 aromatic heterocycles. The number of ketones is 1. The number of aliphatic hydroxyl groups excluding tert-OH is 1. The number of aryl methyl sites for hydroxylation is 1. The van der Waals surface area contributed by atoms with Gasteiger partial charge in [-0.3, -0.25) is 9.59 Å². The highest BCUT2D eigenvalue weighted by molar-refractivity contribution is 5.80. The van der Waals surface area contributed by atoms with Crippen molar-refractivity contribution < 1.29 is 24.9 Å². The van der Waals surface area contributed by atoms with Crippen molar-refractivity contribution in [1.29, 1.82) is 0 Å². The van der Waals surface area contributed by atoms with E-state index in [2.05, 4.69) is 40.7 Å². The highest BCUT2D eigenvalue weighted by Crippen LogP contribution is 2.45. The van der Waals surface area contributed by atoms with Gasteiger partial charge in [-0.1, -0.05) is 40.2 Å². The Morgan fingerprint density at radius 2 is 2.00 bits per heavy atom. The van der Waals surface area contributed by atoms with Gasteiger partial charge in [0.15, 0.2) is 0 Å². The smallest absolute Gasteiger partial charge is 0.259 e. The number of hydrogen-bond donors (Lipinski definition) is 3. The van der Waals surface area contributed by atoms with Crippen LogP contribution in [0.15, 0.2) is 22.6 Å². The highest BCUT2D eigenvalue weighted by atomic mass is 16.5. The Balaban J connectivity index is 1.95. The minimum absolute atomic E-state index is 0.0146. The van der Waals surface area contributed by atoms with Crippen molar-refractivity contribution in [2.45, 2.75) is 103 Å². The van der Waals surface area contributed by atoms with E-state index in [1.807, 2.05) is 0 Å². The standard InChI is InChI=1S/C28H43NO6/c1-7-16(2)12-17(3)13-19(5)26-18(4)8-9-22(35-26)24-25(32)21(15-29(6)27(24)33)28(34)11-10-20(30)14-23(28)31/h13,15-18,22-23,26,31-32,34H,7-12,14H2,1-6H3/b19-13+/t16-,17-,18-,22+,23-,26-,28+/m1/s1. The molecule has 0 radical (unpaired) electrons. The second kappa shape index (κ2) is 11.0. The number of allylic oxidation sites excluding steroid dienone is 1. The molecule has 0 aromatic carbocycles. The number of aliphatic hydroxyl groups is 2. The number of carbonyl (C=O) groups excluding carboxylic acids is 1. The first kappa shape index (κ1) is 27.6. The maximum absolute atomic E-state index is 13.2. The van der Waals surface area contributed by atoms with Crippen molar-refractivity contribution in [1.82, 2.24) is 4.57 Å². The van der Waals surface area contributed by atoms with E-state index >= 15 is 0 Å². The molecule has 7 nitrogen and oxygen atoms in total. The summed E-state index contributed by atoms with van der Waals surface area (Å²) in [5.41, 5.74) is -0.879. The molecule has 7 atom stereocenters. The minimum atomic E-state index is -1.80. The molecule has 1 aromatic rings. The summed E-state index contributed by atoms with van der Waals surface area (Å²) < 4.78 is 7.79. The second-order valence-electron chi connectivity index (χ2n) is 11.1. The fraction of sp³-hybridized carbons (Fsp3) is 0.714. The van der Waals surface area contributed by atoms with Gasteiger partial charge in [0.1, 0.15) is 17.1 Å². The molecule has 0 spiro atoms. The molecule has 2 fully saturated rings. The average Bonchev–Trinajstić information content (AvgIpc) is 2.79. The summed E-state index contributed by atoms with van der Waals surface area (Å²) in [6.07, 6.45) is 5.01. The van der Waals surface area contributed by atoms with Crippen molar-refractivity contribution in [3.8, 4) is 5.75 Å². The van der Waals surface area contributed by atoms with Gasteiger partial charge in [-0.25, -0.2) is 0 Å². The van der Waals surface area contributed by atoms with Gasteiger partial charge in [0.2, 0.25) is 0 Å². The average molecular weight is 490 g/mol. The predicted octanol–water partition coefficient (Wildman–Crippen LogP) is 4.27. The molecule has 1 aliphatic heterocycles. The molecule has 196 valence electrons. The lowest BCUT2D eigenvalue weighted by Crippen LogP contribution is -2.46. The lowest BCUT2D eigenvalue weighted by molar-refractivity contribution is -0.143. The van der Waals surface area contributed by atoms with Gasteiger partial charge >= 0.3 is 0 Å². The van der Waals surface area contributed by atoms with E-state index in [4.69, 9.17) is 4.74 Å². The summed E-state index contributed by atoms with van der Waals surface area (Å²) in [5.74, 6) is 0.849. The van der Waals surface area contributed by atoms with E-state index in [9.17, 15) is 24.9 Å². The molecule has 0 bridgehead atoms. The number of hydrogen-bond acceptors (Lipinski definition) is 6. The number of nitrogens with zero attached hydrogens (tertiary/aromatic N) is 1.